The third-order valence-corrected chi connectivity index (χ3v) is 4.27. The fourth-order valence-corrected chi connectivity index (χ4v) is 2.75. The highest BCUT2D eigenvalue weighted by atomic mass is 16.5. The van der Waals surface area contributed by atoms with Gasteiger partial charge in [-0.1, -0.05) is 43.7 Å². The lowest BCUT2D eigenvalue weighted by Gasteiger charge is -2.14. The summed E-state index contributed by atoms with van der Waals surface area (Å²) in [4.78, 5) is 9.37. The third-order valence-electron chi connectivity index (χ3n) is 4.27. The summed E-state index contributed by atoms with van der Waals surface area (Å²) in [5, 5.41) is 6.73. The Morgan fingerprint density at radius 2 is 1.68 bits per heavy atom. The first-order chi connectivity index (χ1) is 13.7. The zero-order chi connectivity index (χ0) is 19.8. The van der Waals surface area contributed by atoms with Crippen LogP contribution in [0.1, 0.15) is 19.8 Å². The van der Waals surface area contributed by atoms with E-state index < -0.39 is 0 Å². The molecule has 0 aliphatic carbocycles. The maximum atomic E-state index is 5.48. The Hall–Kier alpha value is -3.28. The Morgan fingerprint density at radius 3 is 2.39 bits per heavy atom. The van der Waals surface area contributed by atoms with Crippen molar-refractivity contribution in [3.05, 3.63) is 54.6 Å². The predicted molar refractivity (Wildman–Crippen MR) is 114 cm³/mol. The van der Waals surface area contributed by atoms with Crippen LogP contribution in [0.25, 0.3) is 11.4 Å². The van der Waals surface area contributed by atoms with Gasteiger partial charge in [0.05, 0.1) is 19.9 Å². The van der Waals surface area contributed by atoms with Crippen molar-refractivity contribution in [3.63, 3.8) is 0 Å². The molecule has 2 N–H and O–H groups in total. The lowest BCUT2D eigenvalue weighted by atomic mass is 10.2. The van der Waals surface area contributed by atoms with Gasteiger partial charge in [0.15, 0.2) is 5.82 Å². The first-order valence-electron chi connectivity index (χ1n) is 9.41. The third kappa shape index (κ3) is 4.91. The number of rotatable bonds is 9. The quantitative estimate of drug-likeness (QED) is 0.504. The standard InChI is InChI=1S/C22H26N4O2/c1-4-5-13-23-20-15-21(26-22(25-20)16-9-7-6-8-10-16)24-18-12-11-17(27-2)14-19(18)28-3/h6-12,14-15H,4-5,13H2,1-3H3,(H2,23,24,25,26). The number of aromatic nitrogens is 2. The SMILES string of the molecule is CCCCNc1cc(Nc2ccc(OC)cc2OC)nc(-c2ccccc2)n1. The van der Waals surface area contributed by atoms with Crippen molar-refractivity contribution in [2.24, 2.45) is 0 Å². The number of methoxy groups -OCH3 is 2. The minimum Gasteiger partial charge on any atom is -0.497 e. The van der Waals surface area contributed by atoms with Gasteiger partial charge >= 0.3 is 0 Å². The molecule has 0 saturated carbocycles. The van der Waals surface area contributed by atoms with Crippen molar-refractivity contribution >= 4 is 17.3 Å². The van der Waals surface area contributed by atoms with Gasteiger partial charge in [-0.25, -0.2) is 9.97 Å². The van der Waals surface area contributed by atoms with Gasteiger partial charge in [-0.05, 0) is 18.6 Å². The molecule has 0 spiro atoms. The highest BCUT2D eigenvalue weighted by Crippen LogP contribution is 2.32. The monoisotopic (exact) mass is 378 g/mol. The molecular weight excluding hydrogens is 352 g/mol. The number of benzene rings is 2. The molecule has 0 unspecified atom stereocenters. The molecule has 0 amide bonds. The van der Waals surface area contributed by atoms with Gasteiger partial charge in [0.2, 0.25) is 0 Å². The van der Waals surface area contributed by atoms with Gasteiger partial charge in [0, 0.05) is 24.2 Å². The van der Waals surface area contributed by atoms with Crippen molar-refractivity contribution in [1.29, 1.82) is 0 Å². The molecule has 0 bridgehead atoms. The first kappa shape index (κ1) is 19.5. The molecule has 0 aliphatic heterocycles. The summed E-state index contributed by atoms with van der Waals surface area (Å²) >= 11 is 0. The van der Waals surface area contributed by atoms with Crippen molar-refractivity contribution in [2.75, 3.05) is 31.4 Å². The molecule has 3 rings (SSSR count). The van der Waals surface area contributed by atoms with Crippen LogP contribution in [-0.4, -0.2) is 30.7 Å². The smallest absolute Gasteiger partial charge is 0.163 e. The van der Waals surface area contributed by atoms with Crippen LogP contribution >= 0.6 is 0 Å². The number of hydrogen-bond acceptors (Lipinski definition) is 6. The fraction of sp³-hybridized carbons (Fsp3) is 0.273. The van der Waals surface area contributed by atoms with Crippen LogP contribution in [-0.2, 0) is 0 Å². The first-order valence-corrected chi connectivity index (χ1v) is 9.41. The lowest BCUT2D eigenvalue weighted by molar-refractivity contribution is 0.395. The van der Waals surface area contributed by atoms with Crippen LogP contribution in [0.15, 0.2) is 54.6 Å². The van der Waals surface area contributed by atoms with E-state index in [4.69, 9.17) is 14.5 Å². The van der Waals surface area contributed by atoms with E-state index in [1.165, 1.54) is 0 Å². The predicted octanol–water partition coefficient (Wildman–Crippen LogP) is 5.12. The summed E-state index contributed by atoms with van der Waals surface area (Å²) in [6.45, 7) is 3.03. The highest BCUT2D eigenvalue weighted by molar-refractivity contribution is 5.69. The maximum absolute atomic E-state index is 5.48. The van der Waals surface area contributed by atoms with Crippen LogP contribution < -0.4 is 20.1 Å². The molecule has 3 aromatic rings. The number of nitrogens with zero attached hydrogens (tertiary/aromatic N) is 2. The zero-order valence-electron chi connectivity index (χ0n) is 16.5. The number of nitrogens with one attached hydrogen (secondary N) is 2. The summed E-state index contributed by atoms with van der Waals surface area (Å²) in [7, 11) is 3.26. The second-order valence-corrected chi connectivity index (χ2v) is 6.30. The lowest BCUT2D eigenvalue weighted by Crippen LogP contribution is -2.06. The molecule has 6 nitrogen and oxygen atoms in total. The number of hydrogen-bond donors (Lipinski definition) is 2. The minimum atomic E-state index is 0.664. The molecule has 1 heterocycles. The Bertz CT molecular complexity index is 900. The molecule has 0 saturated heterocycles. The molecule has 6 heteroatoms. The number of ether oxygens (including phenoxy) is 2. The van der Waals surface area contributed by atoms with Crippen LogP contribution in [0.2, 0.25) is 0 Å². The molecular formula is C22H26N4O2. The maximum Gasteiger partial charge on any atom is 0.163 e. The van der Waals surface area contributed by atoms with E-state index >= 15 is 0 Å². The van der Waals surface area contributed by atoms with Gasteiger partial charge in [-0.2, -0.15) is 0 Å². The second-order valence-electron chi connectivity index (χ2n) is 6.30. The van der Waals surface area contributed by atoms with Crippen LogP contribution in [0, 0.1) is 0 Å². The van der Waals surface area contributed by atoms with E-state index in [-0.39, 0.29) is 0 Å². The van der Waals surface area contributed by atoms with Crippen LogP contribution in [0.5, 0.6) is 11.5 Å². The zero-order valence-corrected chi connectivity index (χ0v) is 16.5. The van der Waals surface area contributed by atoms with Crippen molar-refractivity contribution in [2.45, 2.75) is 19.8 Å². The Labute approximate surface area is 166 Å². The Morgan fingerprint density at radius 1 is 0.893 bits per heavy atom. The van der Waals surface area contributed by atoms with E-state index in [1.54, 1.807) is 14.2 Å². The van der Waals surface area contributed by atoms with Gasteiger partial charge in [-0.3, -0.25) is 0 Å². The summed E-state index contributed by atoms with van der Waals surface area (Å²) in [5.74, 6) is 3.56. The Balaban J connectivity index is 1.94. The molecule has 28 heavy (non-hydrogen) atoms. The normalized spacial score (nSPS) is 10.4. The van der Waals surface area contributed by atoms with E-state index in [9.17, 15) is 0 Å². The summed E-state index contributed by atoms with van der Waals surface area (Å²) in [5.41, 5.74) is 1.77. The summed E-state index contributed by atoms with van der Waals surface area (Å²) in [6, 6.07) is 17.5. The van der Waals surface area contributed by atoms with E-state index in [0.29, 0.717) is 17.4 Å². The summed E-state index contributed by atoms with van der Waals surface area (Å²) in [6.07, 6.45) is 2.21. The fourth-order valence-electron chi connectivity index (χ4n) is 2.75. The average Bonchev–Trinajstić information content (AvgIpc) is 2.74. The average molecular weight is 378 g/mol. The van der Waals surface area contributed by atoms with E-state index in [0.717, 1.165) is 42.2 Å². The topological polar surface area (TPSA) is 68.3 Å². The van der Waals surface area contributed by atoms with Crippen molar-refractivity contribution < 1.29 is 9.47 Å². The van der Waals surface area contributed by atoms with Gasteiger partial charge in [0.1, 0.15) is 23.1 Å². The number of unbranched alkanes of at least 4 members (excludes halogenated alkanes) is 1. The Kier molecular flexibility index (Phi) is 6.68. The summed E-state index contributed by atoms with van der Waals surface area (Å²) < 4.78 is 10.8. The molecule has 0 atom stereocenters. The molecule has 0 fully saturated rings. The molecule has 2 aromatic carbocycles. The highest BCUT2D eigenvalue weighted by Gasteiger charge is 2.10. The van der Waals surface area contributed by atoms with E-state index in [1.807, 2.05) is 54.6 Å². The minimum absolute atomic E-state index is 0.664. The van der Waals surface area contributed by atoms with E-state index in [2.05, 4.69) is 22.5 Å². The largest absolute Gasteiger partial charge is 0.497 e. The second kappa shape index (κ2) is 9.60. The van der Waals surface area contributed by atoms with Gasteiger partial charge < -0.3 is 20.1 Å². The van der Waals surface area contributed by atoms with Crippen molar-refractivity contribution in [3.8, 4) is 22.9 Å². The molecule has 146 valence electrons. The van der Waals surface area contributed by atoms with Gasteiger partial charge in [-0.15, -0.1) is 0 Å². The van der Waals surface area contributed by atoms with Gasteiger partial charge in [0.25, 0.3) is 0 Å². The molecule has 0 radical (unpaired) electrons. The molecule has 0 aliphatic rings. The van der Waals surface area contributed by atoms with Crippen molar-refractivity contribution in [1.82, 2.24) is 9.97 Å². The molecule has 1 aromatic heterocycles. The number of anilines is 3. The van der Waals surface area contributed by atoms with Crippen LogP contribution in [0.3, 0.4) is 0 Å². The van der Waals surface area contributed by atoms with Crippen LogP contribution in [0.4, 0.5) is 17.3 Å².